The van der Waals surface area contributed by atoms with Gasteiger partial charge in [0.05, 0.1) is 5.56 Å². The predicted octanol–water partition coefficient (Wildman–Crippen LogP) is 3.04. The average molecular weight is 243 g/mol. The zero-order valence-electron chi connectivity index (χ0n) is 9.57. The van der Waals surface area contributed by atoms with Gasteiger partial charge in [0.25, 0.3) is 5.91 Å². The van der Waals surface area contributed by atoms with E-state index >= 15 is 0 Å². The van der Waals surface area contributed by atoms with Gasteiger partial charge in [-0.1, -0.05) is 18.2 Å². The van der Waals surface area contributed by atoms with Gasteiger partial charge >= 0.3 is 0 Å². The van der Waals surface area contributed by atoms with Crippen molar-refractivity contribution < 1.29 is 4.79 Å². The second kappa shape index (κ2) is 5.03. The number of nitrogens with one attached hydrogen (secondary N) is 1. The number of hydrogen-bond acceptors (Lipinski definition) is 2. The summed E-state index contributed by atoms with van der Waals surface area (Å²) in [5.41, 5.74) is 0.731. The van der Waals surface area contributed by atoms with Crippen molar-refractivity contribution in [1.29, 1.82) is 0 Å². The van der Waals surface area contributed by atoms with E-state index in [2.05, 4.69) is 11.2 Å². The second-order valence-corrected chi connectivity index (χ2v) is 4.84. The Bertz CT molecular complexity index is 579. The molecule has 0 saturated carbocycles. The first-order valence-corrected chi connectivity index (χ1v) is 6.31. The summed E-state index contributed by atoms with van der Waals surface area (Å²) in [4.78, 5) is 12.0. The number of hydrogen-bond donors (Lipinski definition) is 1. The van der Waals surface area contributed by atoms with E-state index in [1.807, 2.05) is 36.6 Å². The van der Waals surface area contributed by atoms with Crippen molar-refractivity contribution in [2.24, 2.45) is 0 Å². The zero-order chi connectivity index (χ0) is 12.3. The van der Waals surface area contributed by atoms with Crippen LogP contribution in [-0.4, -0.2) is 11.9 Å². The minimum Gasteiger partial charge on any atom is -0.349 e. The van der Waals surface area contributed by atoms with E-state index in [0.29, 0.717) is 6.42 Å². The van der Waals surface area contributed by atoms with E-state index in [1.165, 1.54) is 0 Å². The maximum atomic E-state index is 12.0. The van der Waals surface area contributed by atoms with Crippen molar-refractivity contribution >= 4 is 27.3 Å². The highest BCUT2D eigenvalue weighted by molar-refractivity contribution is 7.17. The topological polar surface area (TPSA) is 29.1 Å². The minimum atomic E-state index is -0.0507. The van der Waals surface area contributed by atoms with Crippen LogP contribution in [0.4, 0.5) is 0 Å². The van der Waals surface area contributed by atoms with Crippen LogP contribution < -0.4 is 5.32 Å². The molecule has 1 N–H and O–H groups in total. The fourth-order valence-corrected chi connectivity index (χ4v) is 2.62. The number of thiophene rings is 1. The molecular formula is C14H13NOS. The first kappa shape index (κ1) is 11.7. The van der Waals surface area contributed by atoms with Crippen LogP contribution in [-0.2, 0) is 0 Å². The Labute approximate surface area is 105 Å². The number of amides is 1. The highest BCUT2D eigenvalue weighted by atomic mass is 32.1. The van der Waals surface area contributed by atoms with Crippen LogP contribution in [0.3, 0.4) is 0 Å². The summed E-state index contributed by atoms with van der Waals surface area (Å²) in [5.74, 6) is 2.49. The molecule has 0 aliphatic carbocycles. The molecule has 1 aromatic carbocycles. The van der Waals surface area contributed by atoms with E-state index in [9.17, 15) is 4.79 Å². The Hall–Kier alpha value is -1.79. The van der Waals surface area contributed by atoms with Crippen molar-refractivity contribution in [3.05, 3.63) is 35.2 Å². The molecule has 2 aromatic rings. The quantitative estimate of drug-likeness (QED) is 0.825. The van der Waals surface area contributed by atoms with E-state index in [0.717, 1.165) is 15.6 Å². The fourth-order valence-electron chi connectivity index (χ4n) is 1.68. The molecule has 2 rings (SSSR count). The van der Waals surface area contributed by atoms with Gasteiger partial charge < -0.3 is 5.32 Å². The first-order chi connectivity index (χ1) is 8.22. The lowest BCUT2D eigenvalue weighted by Crippen LogP contribution is -2.31. The van der Waals surface area contributed by atoms with Gasteiger partial charge in [0.1, 0.15) is 0 Å². The van der Waals surface area contributed by atoms with Gasteiger partial charge in [0.2, 0.25) is 0 Å². The van der Waals surface area contributed by atoms with Crippen LogP contribution in [0.15, 0.2) is 29.6 Å². The average Bonchev–Trinajstić information content (AvgIpc) is 2.72. The summed E-state index contributed by atoms with van der Waals surface area (Å²) < 4.78 is 1.13. The summed E-state index contributed by atoms with van der Waals surface area (Å²) in [5, 5.41) is 5.79. The minimum absolute atomic E-state index is 0.00571. The van der Waals surface area contributed by atoms with E-state index in [-0.39, 0.29) is 11.9 Å². The molecule has 1 heterocycles. The van der Waals surface area contributed by atoms with Crippen molar-refractivity contribution in [3.8, 4) is 12.3 Å². The molecule has 1 amide bonds. The number of rotatable bonds is 3. The predicted molar refractivity (Wildman–Crippen MR) is 72.2 cm³/mol. The van der Waals surface area contributed by atoms with Crippen molar-refractivity contribution in [1.82, 2.24) is 5.32 Å². The standard InChI is InChI=1S/C14H13NOS/c1-3-6-10(2)15-14(16)12-9-17-13-8-5-4-7-11(12)13/h1,4-5,7-10H,6H2,2H3,(H,15,16). The number of carbonyl (C=O) groups excluding carboxylic acids is 1. The lowest BCUT2D eigenvalue weighted by Gasteiger charge is -2.10. The van der Waals surface area contributed by atoms with Crippen molar-refractivity contribution in [2.75, 3.05) is 0 Å². The molecule has 0 aliphatic rings. The molecule has 0 spiro atoms. The van der Waals surface area contributed by atoms with Crippen LogP contribution in [0.2, 0.25) is 0 Å². The van der Waals surface area contributed by atoms with Gasteiger partial charge in [-0.25, -0.2) is 0 Å². The summed E-state index contributed by atoms with van der Waals surface area (Å²) >= 11 is 1.58. The van der Waals surface area contributed by atoms with Gasteiger partial charge in [0, 0.05) is 27.9 Å². The molecule has 0 saturated heterocycles. The van der Waals surface area contributed by atoms with Crippen LogP contribution in [0.25, 0.3) is 10.1 Å². The summed E-state index contributed by atoms with van der Waals surface area (Å²) in [7, 11) is 0. The third-order valence-corrected chi connectivity index (χ3v) is 3.49. The SMILES string of the molecule is C#CCC(C)NC(=O)c1csc2ccccc12. The number of terminal acetylenes is 1. The van der Waals surface area contributed by atoms with E-state index < -0.39 is 0 Å². The maximum Gasteiger partial charge on any atom is 0.252 e. The number of benzene rings is 1. The maximum absolute atomic E-state index is 12.0. The molecule has 1 atom stereocenters. The molecule has 0 fully saturated rings. The van der Waals surface area contributed by atoms with E-state index in [4.69, 9.17) is 6.42 Å². The first-order valence-electron chi connectivity index (χ1n) is 5.43. The number of carbonyl (C=O) groups is 1. The fraction of sp³-hybridized carbons (Fsp3) is 0.214. The Morgan fingerprint density at radius 3 is 3.06 bits per heavy atom. The number of fused-ring (bicyclic) bond motifs is 1. The lowest BCUT2D eigenvalue weighted by molar-refractivity contribution is 0.0943. The summed E-state index contributed by atoms with van der Waals surface area (Å²) in [6, 6.07) is 7.90. The Morgan fingerprint density at radius 2 is 2.29 bits per heavy atom. The Kier molecular flexibility index (Phi) is 3.46. The van der Waals surface area contributed by atoms with Gasteiger partial charge in [0.15, 0.2) is 0 Å². The summed E-state index contributed by atoms with van der Waals surface area (Å²) in [6.45, 7) is 1.91. The van der Waals surface area contributed by atoms with Gasteiger partial charge in [-0.05, 0) is 13.0 Å². The third-order valence-electron chi connectivity index (χ3n) is 2.53. The monoisotopic (exact) mass is 243 g/mol. The highest BCUT2D eigenvalue weighted by Gasteiger charge is 2.13. The molecule has 0 aliphatic heterocycles. The molecule has 0 bridgehead atoms. The van der Waals surface area contributed by atoms with Gasteiger partial charge in [-0.3, -0.25) is 4.79 Å². The lowest BCUT2D eigenvalue weighted by atomic mass is 10.1. The second-order valence-electron chi connectivity index (χ2n) is 3.93. The highest BCUT2D eigenvalue weighted by Crippen LogP contribution is 2.25. The van der Waals surface area contributed by atoms with Crippen molar-refractivity contribution in [3.63, 3.8) is 0 Å². The third kappa shape index (κ3) is 2.48. The molecule has 0 radical (unpaired) electrons. The molecule has 2 nitrogen and oxygen atoms in total. The van der Waals surface area contributed by atoms with Crippen molar-refractivity contribution in [2.45, 2.75) is 19.4 Å². The van der Waals surface area contributed by atoms with Crippen LogP contribution in [0.5, 0.6) is 0 Å². The van der Waals surface area contributed by atoms with Crippen LogP contribution >= 0.6 is 11.3 Å². The van der Waals surface area contributed by atoms with Crippen LogP contribution in [0, 0.1) is 12.3 Å². The zero-order valence-corrected chi connectivity index (χ0v) is 10.4. The molecule has 86 valence electrons. The summed E-state index contributed by atoms with van der Waals surface area (Å²) in [6.07, 6.45) is 5.76. The van der Waals surface area contributed by atoms with Crippen LogP contribution in [0.1, 0.15) is 23.7 Å². The molecule has 3 heteroatoms. The van der Waals surface area contributed by atoms with Gasteiger partial charge in [-0.2, -0.15) is 0 Å². The largest absolute Gasteiger partial charge is 0.349 e. The molecule has 1 aromatic heterocycles. The molecule has 17 heavy (non-hydrogen) atoms. The Balaban J connectivity index is 2.23. The molecule has 1 unspecified atom stereocenters. The Morgan fingerprint density at radius 1 is 1.53 bits per heavy atom. The molecular weight excluding hydrogens is 230 g/mol. The normalized spacial score (nSPS) is 12.0. The van der Waals surface area contributed by atoms with Gasteiger partial charge in [-0.15, -0.1) is 23.7 Å². The smallest absolute Gasteiger partial charge is 0.252 e. The van der Waals surface area contributed by atoms with E-state index in [1.54, 1.807) is 11.3 Å².